The zero-order valence-corrected chi connectivity index (χ0v) is 11.5. The van der Waals surface area contributed by atoms with Gasteiger partial charge in [0.25, 0.3) is 0 Å². The molecule has 106 valence electrons. The van der Waals surface area contributed by atoms with Crippen LogP contribution in [-0.4, -0.2) is 42.5 Å². The Labute approximate surface area is 117 Å². The van der Waals surface area contributed by atoms with E-state index < -0.39 is 6.04 Å². The molecule has 20 heavy (non-hydrogen) atoms. The van der Waals surface area contributed by atoms with E-state index >= 15 is 0 Å². The second kappa shape index (κ2) is 5.15. The van der Waals surface area contributed by atoms with Gasteiger partial charge < -0.3 is 15.0 Å². The van der Waals surface area contributed by atoms with Crippen LogP contribution in [0.5, 0.6) is 0 Å². The molecule has 5 heteroatoms. The lowest BCUT2D eigenvalue weighted by Gasteiger charge is -2.25. The summed E-state index contributed by atoms with van der Waals surface area (Å²) < 4.78 is 4.79. The van der Waals surface area contributed by atoms with Gasteiger partial charge >= 0.3 is 5.97 Å². The molecule has 2 atom stereocenters. The summed E-state index contributed by atoms with van der Waals surface area (Å²) in [6.07, 6.45) is 2.22. The highest BCUT2D eigenvalue weighted by atomic mass is 16.5. The number of likely N-dealkylation sites (tertiary alicyclic amines) is 1. The Hall–Kier alpha value is -2.04. The van der Waals surface area contributed by atoms with Gasteiger partial charge in [0.1, 0.15) is 12.1 Å². The molecule has 1 saturated heterocycles. The van der Waals surface area contributed by atoms with Crippen molar-refractivity contribution in [3.05, 3.63) is 29.8 Å². The third-order valence-corrected chi connectivity index (χ3v) is 4.08. The highest BCUT2D eigenvalue weighted by Crippen LogP contribution is 2.28. The maximum Gasteiger partial charge on any atom is 0.328 e. The number of anilines is 1. The zero-order valence-electron chi connectivity index (χ0n) is 11.5. The van der Waals surface area contributed by atoms with Crippen LogP contribution in [0.25, 0.3) is 0 Å². The number of benzene rings is 1. The number of carbonyl (C=O) groups is 2. The van der Waals surface area contributed by atoms with Gasteiger partial charge in [0.05, 0.1) is 7.11 Å². The van der Waals surface area contributed by atoms with E-state index in [1.807, 2.05) is 24.3 Å². The molecule has 0 spiro atoms. The lowest BCUT2D eigenvalue weighted by molar-refractivity contribution is -0.151. The number of hydrogen-bond acceptors (Lipinski definition) is 4. The van der Waals surface area contributed by atoms with Gasteiger partial charge in [0.2, 0.25) is 5.91 Å². The summed E-state index contributed by atoms with van der Waals surface area (Å²) in [5, 5.41) is 3.25. The topological polar surface area (TPSA) is 58.6 Å². The fraction of sp³-hybridized carbons (Fsp3) is 0.467. The number of methoxy groups -OCH3 is 1. The smallest absolute Gasteiger partial charge is 0.328 e. The van der Waals surface area contributed by atoms with Crippen molar-refractivity contribution in [1.29, 1.82) is 0 Å². The molecule has 1 N–H and O–H groups in total. The maximum atomic E-state index is 12.6. The molecule has 0 saturated carbocycles. The Morgan fingerprint density at radius 1 is 1.35 bits per heavy atom. The number of ether oxygens (including phenoxy) is 1. The van der Waals surface area contributed by atoms with Crippen LogP contribution < -0.4 is 5.32 Å². The SMILES string of the molecule is COC(=O)C1CCCN1C(=O)C1Cc2ccccc2N1. The van der Waals surface area contributed by atoms with Crippen molar-refractivity contribution in [3.8, 4) is 0 Å². The monoisotopic (exact) mass is 274 g/mol. The first-order valence-corrected chi connectivity index (χ1v) is 6.93. The van der Waals surface area contributed by atoms with Crippen LogP contribution in [0.4, 0.5) is 5.69 Å². The largest absolute Gasteiger partial charge is 0.467 e. The summed E-state index contributed by atoms with van der Waals surface area (Å²) >= 11 is 0. The molecule has 1 aromatic carbocycles. The molecule has 3 rings (SSSR count). The molecule has 1 amide bonds. The summed E-state index contributed by atoms with van der Waals surface area (Å²) in [5.41, 5.74) is 2.17. The van der Waals surface area contributed by atoms with E-state index in [1.54, 1.807) is 4.90 Å². The number of hydrogen-bond donors (Lipinski definition) is 1. The summed E-state index contributed by atoms with van der Waals surface area (Å²) in [7, 11) is 1.37. The molecule has 2 aliphatic heterocycles. The number of amides is 1. The normalized spacial score (nSPS) is 24.1. The van der Waals surface area contributed by atoms with Gasteiger partial charge in [-0.25, -0.2) is 4.79 Å². The molecule has 0 aliphatic carbocycles. The first kappa shape index (κ1) is 13.0. The van der Waals surface area contributed by atoms with Crippen LogP contribution in [0.3, 0.4) is 0 Å². The van der Waals surface area contributed by atoms with Crippen molar-refractivity contribution in [1.82, 2.24) is 4.90 Å². The van der Waals surface area contributed by atoms with Gasteiger partial charge in [0.15, 0.2) is 0 Å². The zero-order chi connectivity index (χ0) is 14.1. The first-order valence-electron chi connectivity index (χ1n) is 6.93. The van der Waals surface area contributed by atoms with Crippen molar-refractivity contribution in [2.24, 2.45) is 0 Å². The van der Waals surface area contributed by atoms with Gasteiger partial charge in [-0.05, 0) is 24.5 Å². The quantitative estimate of drug-likeness (QED) is 0.823. The third kappa shape index (κ3) is 2.13. The molecule has 1 aromatic rings. The van der Waals surface area contributed by atoms with E-state index in [4.69, 9.17) is 4.74 Å². The number of fused-ring (bicyclic) bond motifs is 1. The Kier molecular flexibility index (Phi) is 3.34. The predicted octanol–water partition coefficient (Wildman–Crippen LogP) is 1.19. The summed E-state index contributed by atoms with van der Waals surface area (Å²) in [6.45, 7) is 0.632. The van der Waals surface area contributed by atoms with Crippen molar-refractivity contribution >= 4 is 17.6 Å². The maximum absolute atomic E-state index is 12.6. The summed E-state index contributed by atoms with van der Waals surface area (Å²) in [4.78, 5) is 26.0. The molecule has 2 aliphatic rings. The molecule has 0 bridgehead atoms. The number of nitrogens with zero attached hydrogens (tertiary/aromatic N) is 1. The molecule has 1 fully saturated rings. The lowest BCUT2D eigenvalue weighted by Crippen LogP contribution is -2.47. The average molecular weight is 274 g/mol. The van der Waals surface area contributed by atoms with Gasteiger partial charge in [-0.3, -0.25) is 4.79 Å². The van der Waals surface area contributed by atoms with Crippen LogP contribution >= 0.6 is 0 Å². The summed E-state index contributed by atoms with van der Waals surface area (Å²) in [6, 6.07) is 7.24. The predicted molar refractivity (Wildman–Crippen MR) is 74.3 cm³/mol. The molecule has 5 nitrogen and oxygen atoms in total. The van der Waals surface area contributed by atoms with Crippen molar-refractivity contribution < 1.29 is 14.3 Å². The number of esters is 1. The van der Waals surface area contributed by atoms with Crippen LogP contribution in [0.2, 0.25) is 0 Å². The number of nitrogens with one attached hydrogen (secondary N) is 1. The minimum Gasteiger partial charge on any atom is -0.467 e. The van der Waals surface area contributed by atoms with Crippen LogP contribution in [0, 0.1) is 0 Å². The van der Waals surface area contributed by atoms with Crippen LogP contribution in [0.15, 0.2) is 24.3 Å². The van der Waals surface area contributed by atoms with E-state index in [0.717, 1.165) is 17.7 Å². The van der Waals surface area contributed by atoms with Crippen LogP contribution in [-0.2, 0) is 20.7 Å². The molecular weight excluding hydrogens is 256 g/mol. The van der Waals surface area contributed by atoms with Crippen molar-refractivity contribution in [3.63, 3.8) is 0 Å². The third-order valence-electron chi connectivity index (χ3n) is 4.08. The Balaban J connectivity index is 1.73. The minimum absolute atomic E-state index is 0.00546. The standard InChI is InChI=1S/C15H18N2O3/c1-20-15(19)13-7-4-8-17(13)14(18)12-9-10-5-2-3-6-11(10)16-12/h2-3,5-6,12-13,16H,4,7-9H2,1H3. The average Bonchev–Trinajstić information content (AvgIpc) is 3.11. The molecule has 2 heterocycles. The molecular formula is C15H18N2O3. The second-order valence-electron chi connectivity index (χ2n) is 5.27. The highest BCUT2D eigenvalue weighted by molar-refractivity contribution is 5.91. The second-order valence-corrected chi connectivity index (χ2v) is 5.27. The molecule has 0 aromatic heterocycles. The fourth-order valence-electron chi connectivity index (χ4n) is 3.06. The number of carbonyl (C=O) groups excluding carboxylic acids is 2. The Morgan fingerprint density at radius 3 is 2.90 bits per heavy atom. The Morgan fingerprint density at radius 2 is 2.15 bits per heavy atom. The van der Waals surface area contributed by atoms with Crippen LogP contribution in [0.1, 0.15) is 18.4 Å². The van der Waals surface area contributed by atoms with E-state index in [2.05, 4.69) is 5.32 Å². The highest BCUT2D eigenvalue weighted by Gasteiger charge is 2.39. The molecule has 2 unspecified atom stereocenters. The molecule has 0 radical (unpaired) electrons. The van der Waals surface area contributed by atoms with Gasteiger partial charge in [-0.2, -0.15) is 0 Å². The Bertz CT molecular complexity index is 519. The first-order chi connectivity index (χ1) is 9.70. The van der Waals surface area contributed by atoms with Gasteiger partial charge in [0, 0.05) is 18.7 Å². The fourth-order valence-corrected chi connectivity index (χ4v) is 3.06. The summed E-state index contributed by atoms with van der Waals surface area (Å²) in [5.74, 6) is -0.319. The minimum atomic E-state index is -0.419. The van der Waals surface area contributed by atoms with E-state index in [1.165, 1.54) is 7.11 Å². The van der Waals surface area contributed by atoms with Crippen molar-refractivity contribution in [2.75, 3.05) is 19.0 Å². The van der Waals surface area contributed by atoms with Gasteiger partial charge in [-0.15, -0.1) is 0 Å². The van der Waals surface area contributed by atoms with E-state index in [-0.39, 0.29) is 17.9 Å². The van der Waals surface area contributed by atoms with E-state index in [9.17, 15) is 9.59 Å². The van der Waals surface area contributed by atoms with E-state index in [0.29, 0.717) is 19.4 Å². The van der Waals surface area contributed by atoms with Crippen molar-refractivity contribution in [2.45, 2.75) is 31.3 Å². The van der Waals surface area contributed by atoms with Gasteiger partial charge in [-0.1, -0.05) is 18.2 Å². The number of para-hydroxylation sites is 1. The number of rotatable bonds is 2. The lowest BCUT2D eigenvalue weighted by atomic mass is 10.1.